The number of halogens is 1. The number of rotatable bonds is 5. The van der Waals surface area contributed by atoms with Gasteiger partial charge in [0.1, 0.15) is 0 Å². The first-order valence-corrected chi connectivity index (χ1v) is 11.8. The first kappa shape index (κ1) is 21.2. The molecular weight excluding hydrogens is 392 g/mol. The van der Waals surface area contributed by atoms with Crippen LogP contribution in [-0.4, -0.2) is 27.3 Å². The number of nitrogens with one attached hydrogen (secondary N) is 2. The lowest BCUT2D eigenvalue weighted by Crippen LogP contribution is -2.20. The molecule has 0 aliphatic carbocycles. The van der Waals surface area contributed by atoms with Gasteiger partial charge in [0.15, 0.2) is 9.84 Å². The molecule has 0 saturated carbocycles. The molecule has 0 fully saturated rings. The number of anilines is 1. The Hall–Kier alpha value is -1.56. The van der Waals surface area contributed by atoms with Crippen molar-refractivity contribution in [2.24, 2.45) is 5.41 Å². The van der Waals surface area contributed by atoms with E-state index in [1.807, 2.05) is 39.0 Å². The van der Waals surface area contributed by atoms with Crippen LogP contribution in [0.4, 0.5) is 5.69 Å². The van der Waals surface area contributed by atoms with Crippen molar-refractivity contribution in [1.82, 2.24) is 5.32 Å². The molecule has 3 rings (SSSR count). The molecule has 0 aromatic heterocycles. The molecule has 2 aromatic carbocycles. The Labute approximate surface area is 173 Å². The van der Waals surface area contributed by atoms with Crippen molar-refractivity contribution in [2.75, 3.05) is 24.2 Å². The molecule has 1 heterocycles. The first-order chi connectivity index (χ1) is 13.2. The molecule has 0 bridgehead atoms. The monoisotopic (exact) mass is 420 g/mol. The summed E-state index contributed by atoms with van der Waals surface area (Å²) in [6.07, 6.45) is 1.95. The number of hydrogen-bond donors (Lipinski definition) is 2. The predicted molar refractivity (Wildman–Crippen MR) is 117 cm³/mol. The van der Waals surface area contributed by atoms with Gasteiger partial charge in [-0.1, -0.05) is 50.6 Å². The van der Waals surface area contributed by atoms with Gasteiger partial charge in [-0.3, -0.25) is 0 Å². The van der Waals surface area contributed by atoms with Crippen molar-refractivity contribution in [3.8, 4) is 0 Å². The van der Waals surface area contributed by atoms with E-state index in [1.54, 1.807) is 12.1 Å². The Morgan fingerprint density at radius 2 is 1.71 bits per heavy atom. The molecule has 0 unspecified atom stereocenters. The van der Waals surface area contributed by atoms with E-state index in [4.69, 9.17) is 11.6 Å². The predicted octanol–water partition coefficient (Wildman–Crippen LogP) is 4.46. The van der Waals surface area contributed by atoms with E-state index in [2.05, 4.69) is 16.7 Å². The van der Waals surface area contributed by atoms with Crippen molar-refractivity contribution in [3.63, 3.8) is 0 Å². The molecule has 152 valence electrons. The highest BCUT2D eigenvalue weighted by molar-refractivity contribution is 7.91. The Bertz CT molecular complexity index is 932. The molecule has 1 aliphatic rings. The second kappa shape index (κ2) is 8.44. The minimum Gasteiger partial charge on any atom is -0.380 e. The van der Waals surface area contributed by atoms with Crippen molar-refractivity contribution in [2.45, 2.75) is 45.1 Å². The molecule has 2 N–H and O–H groups in total. The van der Waals surface area contributed by atoms with Gasteiger partial charge in [-0.05, 0) is 66.2 Å². The highest BCUT2D eigenvalue weighted by Crippen LogP contribution is 2.31. The summed E-state index contributed by atoms with van der Waals surface area (Å²) in [5, 5.41) is 7.62. The lowest BCUT2D eigenvalue weighted by atomic mass is 10.0. The van der Waals surface area contributed by atoms with E-state index in [0.717, 1.165) is 42.2 Å². The standard InChI is InChI=1S/C22H29ClN2O2S/c1-22(2,3)15-28(26,27)18-7-4-16(5-8-18)14-25-21-19-11-13-24-12-10-17(19)6-9-20(21)23/h4-9,24-25H,10-15H2,1-3H3. The van der Waals surface area contributed by atoms with Gasteiger partial charge in [0.2, 0.25) is 0 Å². The maximum absolute atomic E-state index is 12.5. The van der Waals surface area contributed by atoms with Crippen molar-refractivity contribution in [3.05, 3.63) is 58.1 Å². The second-order valence-electron chi connectivity index (χ2n) is 8.63. The molecular formula is C22H29ClN2O2S. The van der Waals surface area contributed by atoms with Crippen LogP contribution in [0.5, 0.6) is 0 Å². The van der Waals surface area contributed by atoms with E-state index in [0.29, 0.717) is 11.4 Å². The van der Waals surface area contributed by atoms with E-state index in [9.17, 15) is 8.42 Å². The van der Waals surface area contributed by atoms with Gasteiger partial charge in [0.05, 0.1) is 21.4 Å². The maximum Gasteiger partial charge on any atom is 0.178 e. The molecule has 0 atom stereocenters. The van der Waals surface area contributed by atoms with Crippen molar-refractivity contribution in [1.29, 1.82) is 0 Å². The van der Waals surface area contributed by atoms with E-state index in [-0.39, 0.29) is 11.2 Å². The third-order valence-corrected chi connectivity index (χ3v) is 7.41. The molecule has 6 heteroatoms. The smallest absolute Gasteiger partial charge is 0.178 e. The summed E-state index contributed by atoms with van der Waals surface area (Å²) in [5.41, 5.74) is 4.36. The third-order valence-electron chi connectivity index (χ3n) is 4.86. The number of benzene rings is 2. The fourth-order valence-electron chi connectivity index (χ4n) is 3.59. The summed E-state index contributed by atoms with van der Waals surface area (Å²) in [6.45, 7) is 8.34. The maximum atomic E-state index is 12.5. The van der Waals surface area contributed by atoms with Gasteiger partial charge in [-0.25, -0.2) is 8.42 Å². The third kappa shape index (κ3) is 5.28. The van der Waals surface area contributed by atoms with Crippen LogP contribution in [0.15, 0.2) is 41.3 Å². The summed E-state index contributed by atoms with van der Waals surface area (Å²) in [6, 6.07) is 11.2. The van der Waals surface area contributed by atoms with Crippen LogP contribution in [0.2, 0.25) is 5.02 Å². The van der Waals surface area contributed by atoms with Gasteiger partial charge in [-0.2, -0.15) is 0 Å². The minimum absolute atomic E-state index is 0.136. The van der Waals surface area contributed by atoms with Crippen LogP contribution in [0, 0.1) is 5.41 Å². The molecule has 1 aliphatic heterocycles. The summed E-state index contributed by atoms with van der Waals surface area (Å²) >= 11 is 6.47. The van der Waals surface area contributed by atoms with Crippen LogP contribution in [0.25, 0.3) is 0 Å². The number of fused-ring (bicyclic) bond motifs is 1. The van der Waals surface area contributed by atoms with Crippen LogP contribution in [0.1, 0.15) is 37.5 Å². The summed E-state index contributed by atoms with van der Waals surface area (Å²) in [4.78, 5) is 0.379. The molecule has 0 radical (unpaired) electrons. The zero-order valence-electron chi connectivity index (χ0n) is 16.8. The summed E-state index contributed by atoms with van der Waals surface area (Å²) in [7, 11) is -3.27. The van der Waals surface area contributed by atoms with Crippen LogP contribution in [0.3, 0.4) is 0 Å². The zero-order chi connectivity index (χ0) is 20.4. The highest BCUT2D eigenvalue weighted by atomic mass is 35.5. The average Bonchev–Trinajstić information content (AvgIpc) is 2.85. The number of hydrogen-bond acceptors (Lipinski definition) is 4. The van der Waals surface area contributed by atoms with E-state index >= 15 is 0 Å². The SMILES string of the molecule is CC(C)(C)CS(=O)(=O)c1ccc(CNc2c(Cl)ccc3c2CCNCC3)cc1. The van der Waals surface area contributed by atoms with E-state index < -0.39 is 9.84 Å². The molecule has 2 aromatic rings. The lowest BCUT2D eigenvalue weighted by Gasteiger charge is -2.18. The minimum atomic E-state index is -3.27. The van der Waals surface area contributed by atoms with Crippen LogP contribution < -0.4 is 10.6 Å². The zero-order valence-corrected chi connectivity index (χ0v) is 18.4. The van der Waals surface area contributed by atoms with Crippen LogP contribution >= 0.6 is 11.6 Å². The van der Waals surface area contributed by atoms with E-state index in [1.165, 1.54) is 11.1 Å². The normalized spacial score (nSPS) is 15.0. The Morgan fingerprint density at radius 3 is 2.39 bits per heavy atom. The van der Waals surface area contributed by atoms with Crippen molar-refractivity contribution >= 4 is 27.1 Å². The quantitative estimate of drug-likeness (QED) is 0.749. The fourth-order valence-corrected chi connectivity index (χ4v) is 5.69. The van der Waals surface area contributed by atoms with Gasteiger partial charge in [-0.15, -0.1) is 0 Å². The molecule has 0 spiro atoms. The van der Waals surface area contributed by atoms with Gasteiger partial charge < -0.3 is 10.6 Å². The Morgan fingerprint density at radius 1 is 1.04 bits per heavy atom. The summed E-state index contributed by atoms with van der Waals surface area (Å²) in [5.74, 6) is 0.136. The van der Waals surface area contributed by atoms with Gasteiger partial charge >= 0.3 is 0 Å². The number of sulfone groups is 1. The summed E-state index contributed by atoms with van der Waals surface area (Å²) < 4.78 is 25.1. The van der Waals surface area contributed by atoms with Gasteiger partial charge in [0, 0.05) is 6.54 Å². The topological polar surface area (TPSA) is 58.2 Å². The molecule has 28 heavy (non-hydrogen) atoms. The van der Waals surface area contributed by atoms with Gasteiger partial charge in [0.25, 0.3) is 0 Å². The largest absolute Gasteiger partial charge is 0.380 e. The molecule has 0 amide bonds. The van der Waals surface area contributed by atoms with Crippen molar-refractivity contribution < 1.29 is 8.42 Å². The second-order valence-corrected chi connectivity index (χ2v) is 11.0. The Kier molecular flexibility index (Phi) is 6.37. The average molecular weight is 421 g/mol. The highest BCUT2D eigenvalue weighted by Gasteiger charge is 2.23. The van der Waals surface area contributed by atoms with Crippen LogP contribution in [-0.2, 0) is 29.2 Å². The lowest BCUT2D eigenvalue weighted by molar-refractivity contribution is 0.461. The molecule has 4 nitrogen and oxygen atoms in total. The molecule has 0 saturated heterocycles. The Balaban J connectivity index is 1.74. The first-order valence-electron chi connectivity index (χ1n) is 9.72. The fraction of sp³-hybridized carbons (Fsp3) is 0.455.